The summed E-state index contributed by atoms with van der Waals surface area (Å²) < 4.78 is 5.33. The standard InChI is InChI=1S/C22H29NO4/c24-20(17-6-2-1-3-7-17)22(26)11-5-4-8-19(22)21(25)23-12-9-16(10-13-23)14-18-15-27-18/h1-3,6-7,16,18-19,26H,4-5,8-15H2. The van der Waals surface area contributed by atoms with Crippen LogP contribution in [0, 0.1) is 11.8 Å². The van der Waals surface area contributed by atoms with Crippen LogP contribution in [0.3, 0.4) is 0 Å². The minimum atomic E-state index is -1.57. The molecule has 5 heteroatoms. The van der Waals surface area contributed by atoms with Gasteiger partial charge in [0.15, 0.2) is 5.78 Å². The normalized spacial score (nSPS) is 31.5. The van der Waals surface area contributed by atoms with Crippen LogP contribution in [-0.4, -0.2) is 53.1 Å². The third-order valence-electron chi connectivity index (χ3n) is 6.53. The molecule has 2 heterocycles. The largest absolute Gasteiger partial charge is 0.381 e. The molecular weight excluding hydrogens is 342 g/mol. The molecule has 1 saturated carbocycles. The summed E-state index contributed by atoms with van der Waals surface area (Å²) in [6.45, 7) is 2.33. The first-order valence-corrected chi connectivity index (χ1v) is 10.3. The van der Waals surface area contributed by atoms with E-state index in [-0.39, 0.29) is 11.7 Å². The van der Waals surface area contributed by atoms with Crippen molar-refractivity contribution in [2.75, 3.05) is 19.7 Å². The maximum absolute atomic E-state index is 13.2. The van der Waals surface area contributed by atoms with Gasteiger partial charge in [0.05, 0.1) is 18.6 Å². The molecule has 1 N–H and O–H groups in total. The molecule has 146 valence electrons. The van der Waals surface area contributed by atoms with E-state index in [2.05, 4.69) is 0 Å². The van der Waals surface area contributed by atoms with Gasteiger partial charge in [-0.3, -0.25) is 9.59 Å². The first kappa shape index (κ1) is 18.6. The summed E-state index contributed by atoms with van der Waals surface area (Å²) in [4.78, 5) is 28.2. The highest BCUT2D eigenvalue weighted by Crippen LogP contribution is 2.38. The van der Waals surface area contributed by atoms with Crippen molar-refractivity contribution in [3.05, 3.63) is 35.9 Å². The number of epoxide rings is 1. The molecule has 2 saturated heterocycles. The fraction of sp³-hybridized carbons (Fsp3) is 0.636. The quantitative estimate of drug-likeness (QED) is 0.638. The van der Waals surface area contributed by atoms with E-state index in [1.165, 1.54) is 0 Å². The van der Waals surface area contributed by atoms with Gasteiger partial charge < -0.3 is 14.7 Å². The number of rotatable bonds is 5. The predicted octanol–water partition coefficient (Wildman–Crippen LogP) is 2.82. The summed E-state index contributed by atoms with van der Waals surface area (Å²) in [5.74, 6) is -0.343. The number of hydrogen-bond donors (Lipinski definition) is 1. The second kappa shape index (κ2) is 7.72. The van der Waals surface area contributed by atoms with E-state index in [0.29, 0.717) is 30.4 Å². The van der Waals surface area contributed by atoms with Crippen LogP contribution >= 0.6 is 0 Å². The maximum atomic E-state index is 13.2. The predicted molar refractivity (Wildman–Crippen MR) is 101 cm³/mol. The van der Waals surface area contributed by atoms with Gasteiger partial charge in [0.1, 0.15) is 5.60 Å². The Labute approximate surface area is 160 Å². The fourth-order valence-corrected chi connectivity index (χ4v) is 4.78. The Morgan fingerprint density at radius 1 is 1.11 bits per heavy atom. The van der Waals surface area contributed by atoms with Crippen LogP contribution < -0.4 is 0 Å². The number of benzene rings is 1. The number of amides is 1. The van der Waals surface area contributed by atoms with Gasteiger partial charge in [-0.05, 0) is 38.0 Å². The lowest BCUT2D eigenvalue weighted by Gasteiger charge is -2.42. The van der Waals surface area contributed by atoms with Crippen molar-refractivity contribution in [2.24, 2.45) is 11.8 Å². The number of ether oxygens (including phenoxy) is 1. The second-order valence-corrected chi connectivity index (χ2v) is 8.38. The van der Waals surface area contributed by atoms with Crippen molar-refractivity contribution in [3.63, 3.8) is 0 Å². The summed E-state index contributed by atoms with van der Waals surface area (Å²) in [6.07, 6.45) is 6.13. The van der Waals surface area contributed by atoms with E-state index < -0.39 is 11.5 Å². The van der Waals surface area contributed by atoms with Crippen LogP contribution in [-0.2, 0) is 9.53 Å². The number of likely N-dealkylation sites (tertiary alicyclic amines) is 1. The zero-order valence-electron chi connectivity index (χ0n) is 15.8. The summed E-state index contributed by atoms with van der Waals surface area (Å²) in [5.41, 5.74) is -1.09. The van der Waals surface area contributed by atoms with Crippen LogP contribution in [0.15, 0.2) is 30.3 Å². The van der Waals surface area contributed by atoms with Gasteiger partial charge in [0, 0.05) is 18.7 Å². The van der Waals surface area contributed by atoms with Crippen LogP contribution in [0.25, 0.3) is 0 Å². The molecule has 0 aromatic heterocycles. The van der Waals surface area contributed by atoms with Gasteiger partial charge in [0.25, 0.3) is 0 Å². The van der Waals surface area contributed by atoms with Crippen molar-refractivity contribution < 1.29 is 19.4 Å². The number of hydrogen-bond acceptors (Lipinski definition) is 4. The van der Waals surface area contributed by atoms with E-state index in [0.717, 1.165) is 51.8 Å². The number of carbonyl (C=O) groups excluding carboxylic acids is 2. The van der Waals surface area contributed by atoms with Gasteiger partial charge in [-0.25, -0.2) is 0 Å². The van der Waals surface area contributed by atoms with Gasteiger partial charge in [-0.15, -0.1) is 0 Å². The van der Waals surface area contributed by atoms with Crippen LogP contribution in [0.4, 0.5) is 0 Å². The lowest BCUT2D eigenvalue weighted by molar-refractivity contribution is -0.147. The SMILES string of the molecule is O=C(C1CCCCC1(O)C(=O)c1ccccc1)N1CCC(CC2CO2)CC1. The smallest absolute Gasteiger partial charge is 0.229 e. The Balaban J connectivity index is 1.45. The van der Waals surface area contributed by atoms with Crippen LogP contribution in [0.1, 0.15) is 55.3 Å². The molecule has 1 aliphatic carbocycles. The van der Waals surface area contributed by atoms with E-state index in [1.54, 1.807) is 24.3 Å². The Kier molecular flexibility index (Phi) is 5.33. The van der Waals surface area contributed by atoms with Crippen molar-refractivity contribution in [2.45, 2.75) is 56.7 Å². The van der Waals surface area contributed by atoms with Crippen molar-refractivity contribution in [1.82, 2.24) is 4.90 Å². The molecule has 3 aliphatic rings. The molecular formula is C22H29NO4. The summed E-state index contributed by atoms with van der Waals surface area (Å²) >= 11 is 0. The van der Waals surface area contributed by atoms with E-state index in [4.69, 9.17) is 4.74 Å². The molecule has 0 radical (unpaired) electrons. The average Bonchev–Trinajstić information content (AvgIpc) is 3.52. The number of nitrogens with zero attached hydrogens (tertiary/aromatic N) is 1. The monoisotopic (exact) mass is 371 g/mol. The fourth-order valence-electron chi connectivity index (χ4n) is 4.78. The zero-order chi connectivity index (χ0) is 18.9. The maximum Gasteiger partial charge on any atom is 0.229 e. The molecule has 1 aromatic rings. The van der Waals surface area contributed by atoms with Crippen molar-refractivity contribution in [3.8, 4) is 0 Å². The molecule has 27 heavy (non-hydrogen) atoms. The average molecular weight is 371 g/mol. The highest BCUT2D eigenvalue weighted by Gasteiger charge is 2.50. The topological polar surface area (TPSA) is 70.1 Å². The molecule has 1 amide bonds. The molecule has 4 rings (SSSR count). The first-order chi connectivity index (χ1) is 13.1. The summed E-state index contributed by atoms with van der Waals surface area (Å²) in [6, 6.07) is 8.89. The Morgan fingerprint density at radius 3 is 2.48 bits per heavy atom. The van der Waals surface area contributed by atoms with Gasteiger partial charge in [-0.2, -0.15) is 0 Å². The minimum Gasteiger partial charge on any atom is -0.381 e. The lowest BCUT2D eigenvalue weighted by atomic mass is 9.70. The molecule has 3 fully saturated rings. The van der Waals surface area contributed by atoms with Crippen LogP contribution in [0.2, 0.25) is 0 Å². The molecule has 1 aromatic carbocycles. The first-order valence-electron chi connectivity index (χ1n) is 10.3. The van der Waals surface area contributed by atoms with Crippen molar-refractivity contribution >= 4 is 11.7 Å². The Hall–Kier alpha value is -1.72. The Morgan fingerprint density at radius 2 is 1.81 bits per heavy atom. The molecule has 3 unspecified atom stereocenters. The molecule has 5 nitrogen and oxygen atoms in total. The highest BCUT2D eigenvalue weighted by atomic mass is 16.6. The number of aliphatic hydroxyl groups is 1. The minimum absolute atomic E-state index is 0.0393. The number of Topliss-reactive ketones (excluding diaryl/α,β-unsaturated/α-hetero) is 1. The van der Waals surface area contributed by atoms with Gasteiger partial charge in [-0.1, -0.05) is 43.2 Å². The third kappa shape index (κ3) is 3.94. The van der Waals surface area contributed by atoms with E-state index >= 15 is 0 Å². The number of ketones is 1. The van der Waals surface area contributed by atoms with E-state index in [1.807, 2.05) is 11.0 Å². The molecule has 3 atom stereocenters. The van der Waals surface area contributed by atoms with E-state index in [9.17, 15) is 14.7 Å². The third-order valence-corrected chi connectivity index (χ3v) is 6.53. The number of piperidine rings is 1. The molecule has 2 aliphatic heterocycles. The van der Waals surface area contributed by atoms with Crippen molar-refractivity contribution in [1.29, 1.82) is 0 Å². The molecule has 0 spiro atoms. The number of carbonyl (C=O) groups is 2. The lowest BCUT2D eigenvalue weighted by Crippen LogP contribution is -2.55. The summed E-state index contributed by atoms with van der Waals surface area (Å²) in [7, 11) is 0. The van der Waals surface area contributed by atoms with Crippen LogP contribution in [0.5, 0.6) is 0 Å². The second-order valence-electron chi connectivity index (χ2n) is 8.38. The Bertz CT molecular complexity index is 679. The molecule has 0 bridgehead atoms. The zero-order valence-corrected chi connectivity index (χ0v) is 15.8. The highest BCUT2D eigenvalue weighted by molar-refractivity contribution is 6.05. The summed E-state index contributed by atoms with van der Waals surface area (Å²) in [5, 5.41) is 11.3. The van der Waals surface area contributed by atoms with Gasteiger partial charge >= 0.3 is 0 Å². The van der Waals surface area contributed by atoms with Gasteiger partial charge in [0.2, 0.25) is 5.91 Å².